The number of nitrogens with zero attached hydrogens (tertiary/aromatic N) is 2. The van der Waals surface area contributed by atoms with Gasteiger partial charge in [0.25, 0.3) is 0 Å². The van der Waals surface area contributed by atoms with Crippen molar-refractivity contribution in [1.82, 2.24) is 9.80 Å². The predicted molar refractivity (Wildman–Crippen MR) is 92.5 cm³/mol. The molecule has 2 heterocycles. The third-order valence-corrected chi connectivity index (χ3v) is 5.18. The molecule has 1 aromatic carbocycles. The molecule has 0 bridgehead atoms. The maximum atomic E-state index is 13.4. The van der Waals surface area contributed by atoms with E-state index < -0.39 is 0 Å². The fraction of sp³-hybridized carbons (Fsp3) is 0.684. The Kier molecular flexibility index (Phi) is 5.55. The van der Waals surface area contributed by atoms with E-state index in [1.807, 2.05) is 6.07 Å². The van der Waals surface area contributed by atoms with Crippen LogP contribution < -0.4 is 0 Å². The lowest BCUT2D eigenvalue weighted by Gasteiger charge is -2.39. The molecule has 0 spiro atoms. The van der Waals surface area contributed by atoms with E-state index in [2.05, 4.69) is 30.6 Å². The first-order valence-electron chi connectivity index (χ1n) is 9.00. The summed E-state index contributed by atoms with van der Waals surface area (Å²) in [6.07, 6.45) is 0.899. The van der Waals surface area contributed by atoms with E-state index in [0.717, 1.165) is 31.6 Å². The normalized spacial score (nSPS) is 30.1. The van der Waals surface area contributed by atoms with Crippen LogP contribution in [0.4, 0.5) is 4.39 Å². The molecule has 5 heteroatoms. The fourth-order valence-corrected chi connectivity index (χ4v) is 4.16. The van der Waals surface area contributed by atoms with Gasteiger partial charge in [-0.05, 0) is 50.5 Å². The number of aliphatic hydroxyl groups is 1. The standard InChI is InChI=1S/C19H29FN2O2/c1-13-9-21(10-14(2)24-13)11-18(23)12-22-7-6-16-8-17(20)4-5-19(16)15(22)3/h4-5,8,13-15,18,23H,6-7,9-12H2,1-3H3. The first-order valence-corrected chi connectivity index (χ1v) is 9.00. The molecule has 1 saturated heterocycles. The number of benzene rings is 1. The van der Waals surface area contributed by atoms with Gasteiger partial charge in [-0.3, -0.25) is 9.80 Å². The van der Waals surface area contributed by atoms with Gasteiger partial charge in [-0.2, -0.15) is 0 Å². The van der Waals surface area contributed by atoms with Crippen molar-refractivity contribution in [2.45, 2.75) is 51.5 Å². The van der Waals surface area contributed by atoms with Gasteiger partial charge in [0.15, 0.2) is 0 Å². The van der Waals surface area contributed by atoms with Gasteiger partial charge in [0.05, 0.1) is 18.3 Å². The van der Waals surface area contributed by atoms with Gasteiger partial charge in [0.1, 0.15) is 5.82 Å². The molecular formula is C19H29FN2O2. The minimum atomic E-state index is -0.382. The summed E-state index contributed by atoms with van der Waals surface area (Å²) in [7, 11) is 0. The summed E-state index contributed by atoms with van der Waals surface area (Å²) in [5.41, 5.74) is 2.28. The zero-order valence-corrected chi connectivity index (χ0v) is 14.9. The number of hydrogen-bond donors (Lipinski definition) is 1. The first kappa shape index (κ1) is 17.8. The molecule has 0 aliphatic carbocycles. The quantitative estimate of drug-likeness (QED) is 0.915. The lowest BCUT2D eigenvalue weighted by atomic mass is 9.93. The van der Waals surface area contributed by atoms with E-state index in [0.29, 0.717) is 13.1 Å². The van der Waals surface area contributed by atoms with Gasteiger partial charge < -0.3 is 9.84 Å². The molecule has 1 aromatic rings. The molecule has 3 rings (SSSR count). The van der Waals surface area contributed by atoms with Gasteiger partial charge in [-0.25, -0.2) is 4.39 Å². The van der Waals surface area contributed by atoms with Crippen LogP contribution in [-0.4, -0.2) is 65.9 Å². The number of rotatable bonds is 4. The number of ether oxygens (including phenoxy) is 1. The van der Waals surface area contributed by atoms with Gasteiger partial charge in [0, 0.05) is 38.8 Å². The van der Waals surface area contributed by atoms with E-state index in [1.54, 1.807) is 6.07 Å². The molecule has 0 amide bonds. The number of halogens is 1. The summed E-state index contributed by atoms with van der Waals surface area (Å²) >= 11 is 0. The molecule has 24 heavy (non-hydrogen) atoms. The molecule has 2 aliphatic heterocycles. The van der Waals surface area contributed by atoms with Crippen molar-refractivity contribution >= 4 is 0 Å². The summed E-state index contributed by atoms with van der Waals surface area (Å²) in [5.74, 6) is -0.162. The highest BCUT2D eigenvalue weighted by molar-refractivity contribution is 5.32. The number of hydrogen-bond acceptors (Lipinski definition) is 4. The monoisotopic (exact) mass is 336 g/mol. The molecular weight excluding hydrogens is 307 g/mol. The highest BCUT2D eigenvalue weighted by Gasteiger charge is 2.28. The highest BCUT2D eigenvalue weighted by atomic mass is 19.1. The van der Waals surface area contributed by atoms with Crippen LogP contribution in [-0.2, 0) is 11.2 Å². The minimum absolute atomic E-state index is 0.162. The topological polar surface area (TPSA) is 35.9 Å². The smallest absolute Gasteiger partial charge is 0.123 e. The Morgan fingerprint density at radius 3 is 2.62 bits per heavy atom. The van der Waals surface area contributed by atoms with Crippen molar-refractivity contribution in [1.29, 1.82) is 0 Å². The summed E-state index contributed by atoms with van der Waals surface area (Å²) in [5, 5.41) is 10.6. The van der Waals surface area contributed by atoms with E-state index in [4.69, 9.17) is 4.74 Å². The summed E-state index contributed by atoms with van der Waals surface area (Å²) in [6, 6.07) is 5.28. The molecule has 2 aliphatic rings. The minimum Gasteiger partial charge on any atom is -0.390 e. The van der Waals surface area contributed by atoms with Crippen LogP contribution in [0.2, 0.25) is 0 Å². The summed E-state index contributed by atoms with van der Waals surface area (Å²) in [4.78, 5) is 4.60. The van der Waals surface area contributed by atoms with Crippen LogP contribution in [0, 0.1) is 5.82 Å². The predicted octanol–water partition coefficient (Wildman–Crippen LogP) is 2.21. The second-order valence-electron chi connectivity index (χ2n) is 7.39. The molecule has 4 nitrogen and oxygen atoms in total. The average molecular weight is 336 g/mol. The number of aliphatic hydroxyl groups excluding tert-OH is 1. The zero-order chi connectivity index (χ0) is 17.3. The van der Waals surface area contributed by atoms with Gasteiger partial charge in [0.2, 0.25) is 0 Å². The molecule has 0 saturated carbocycles. The molecule has 0 aromatic heterocycles. The Bertz CT molecular complexity index is 558. The third-order valence-electron chi connectivity index (χ3n) is 5.18. The summed E-state index contributed by atoms with van der Waals surface area (Å²) < 4.78 is 19.1. The second kappa shape index (κ2) is 7.48. The van der Waals surface area contributed by atoms with Crippen LogP contribution in [0.1, 0.15) is 37.9 Å². The Labute approximate surface area is 144 Å². The Hall–Kier alpha value is -1.01. The van der Waals surface area contributed by atoms with Crippen LogP contribution in [0.25, 0.3) is 0 Å². The molecule has 1 N–H and O–H groups in total. The lowest BCUT2D eigenvalue weighted by Crippen LogP contribution is -2.50. The maximum Gasteiger partial charge on any atom is 0.123 e. The van der Waals surface area contributed by atoms with Crippen molar-refractivity contribution in [3.8, 4) is 0 Å². The van der Waals surface area contributed by atoms with Gasteiger partial charge in [-0.15, -0.1) is 0 Å². The largest absolute Gasteiger partial charge is 0.390 e. The average Bonchev–Trinajstić information content (AvgIpc) is 2.49. The Morgan fingerprint density at radius 2 is 1.92 bits per heavy atom. The van der Waals surface area contributed by atoms with Crippen molar-refractivity contribution in [2.24, 2.45) is 0 Å². The van der Waals surface area contributed by atoms with Gasteiger partial charge in [-0.1, -0.05) is 6.07 Å². The SMILES string of the molecule is CC1CN(CC(O)CN2CCc3cc(F)ccc3C2C)CC(C)O1. The van der Waals surface area contributed by atoms with E-state index in [-0.39, 0.29) is 30.2 Å². The van der Waals surface area contributed by atoms with E-state index in [1.165, 1.54) is 11.6 Å². The fourth-order valence-electron chi connectivity index (χ4n) is 4.16. The third kappa shape index (κ3) is 4.14. The number of morpholine rings is 1. The zero-order valence-electron chi connectivity index (χ0n) is 14.9. The van der Waals surface area contributed by atoms with Crippen LogP contribution in [0.3, 0.4) is 0 Å². The van der Waals surface area contributed by atoms with Crippen LogP contribution >= 0.6 is 0 Å². The highest BCUT2D eigenvalue weighted by Crippen LogP contribution is 2.29. The molecule has 1 fully saturated rings. The van der Waals surface area contributed by atoms with Crippen LogP contribution in [0.5, 0.6) is 0 Å². The Morgan fingerprint density at radius 1 is 1.21 bits per heavy atom. The van der Waals surface area contributed by atoms with Crippen molar-refractivity contribution in [3.05, 3.63) is 35.1 Å². The molecule has 0 radical (unpaired) electrons. The molecule has 4 atom stereocenters. The lowest BCUT2D eigenvalue weighted by molar-refractivity contribution is -0.0786. The molecule has 134 valence electrons. The second-order valence-corrected chi connectivity index (χ2v) is 7.39. The van der Waals surface area contributed by atoms with Crippen molar-refractivity contribution in [2.75, 3.05) is 32.7 Å². The first-order chi connectivity index (χ1) is 11.4. The molecule has 4 unspecified atom stereocenters. The van der Waals surface area contributed by atoms with Crippen LogP contribution in [0.15, 0.2) is 18.2 Å². The van der Waals surface area contributed by atoms with Crippen molar-refractivity contribution in [3.63, 3.8) is 0 Å². The Balaban J connectivity index is 1.57. The van der Waals surface area contributed by atoms with Crippen molar-refractivity contribution < 1.29 is 14.2 Å². The van der Waals surface area contributed by atoms with E-state index in [9.17, 15) is 9.50 Å². The summed E-state index contributed by atoms with van der Waals surface area (Å²) in [6.45, 7) is 10.2. The number of β-amino-alcohol motifs (C(OH)–C–C–N with tert-alkyl or cyclic N) is 1. The number of fused-ring (bicyclic) bond motifs is 1. The van der Waals surface area contributed by atoms with E-state index >= 15 is 0 Å². The maximum absolute atomic E-state index is 13.4. The van der Waals surface area contributed by atoms with Gasteiger partial charge >= 0.3 is 0 Å².